The van der Waals surface area contributed by atoms with Crippen LogP contribution in [0.25, 0.3) is 0 Å². The molecule has 0 fully saturated rings. The number of aryl methyl sites for hydroxylation is 1. The fourth-order valence-corrected chi connectivity index (χ4v) is 4.62. The van der Waals surface area contributed by atoms with E-state index in [-0.39, 0.29) is 31.7 Å². The highest BCUT2D eigenvalue weighted by Crippen LogP contribution is 2.27. The van der Waals surface area contributed by atoms with Gasteiger partial charge >= 0.3 is 0 Å². The SMILES string of the molecule is CCc1cccc(CNC[C@H](O)[C@@H](Cc2cc(F)cc(F)c2)C(CCC(=O)Nc2ccccc2)C(N)=O)c1. The summed E-state index contributed by atoms with van der Waals surface area (Å²) in [7, 11) is 0. The number of aliphatic hydroxyl groups is 1. The van der Waals surface area contributed by atoms with Crippen molar-refractivity contribution in [1.29, 1.82) is 0 Å². The predicted octanol–water partition coefficient (Wildman–Crippen LogP) is 4.36. The number of para-hydroxylation sites is 1. The van der Waals surface area contributed by atoms with Crippen molar-refractivity contribution >= 4 is 17.5 Å². The first-order valence-electron chi connectivity index (χ1n) is 12.8. The van der Waals surface area contributed by atoms with Crippen molar-refractivity contribution in [3.05, 3.63) is 101 Å². The van der Waals surface area contributed by atoms with Gasteiger partial charge in [0.15, 0.2) is 0 Å². The van der Waals surface area contributed by atoms with Crippen molar-refractivity contribution in [2.45, 2.75) is 45.3 Å². The third kappa shape index (κ3) is 9.04. The van der Waals surface area contributed by atoms with Crippen LogP contribution in [0.5, 0.6) is 0 Å². The van der Waals surface area contributed by atoms with Gasteiger partial charge in [-0.05, 0) is 60.2 Å². The van der Waals surface area contributed by atoms with Gasteiger partial charge in [0.1, 0.15) is 11.6 Å². The molecule has 38 heavy (non-hydrogen) atoms. The lowest BCUT2D eigenvalue weighted by molar-refractivity contribution is -0.126. The molecule has 0 bridgehead atoms. The van der Waals surface area contributed by atoms with Gasteiger partial charge in [0, 0.05) is 43.1 Å². The van der Waals surface area contributed by atoms with E-state index < -0.39 is 35.5 Å². The van der Waals surface area contributed by atoms with Gasteiger partial charge < -0.3 is 21.5 Å². The molecule has 1 unspecified atom stereocenters. The van der Waals surface area contributed by atoms with Gasteiger partial charge in [0.25, 0.3) is 0 Å². The zero-order valence-corrected chi connectivity index (χ0v) is 21.5. The topological polar surface area (TPSA) is 104 Å². The number of hydrogen-bond acceptors (Lipinski definition) is 4. The number of benzene rings is 3. The highest BCUT2D eigenvalue weighted by atomic mass is 19.1. The molecule has 6 nitrogen and oxygen atoms in total. The summed E-state index contributed by atoms with van der Waals surface area (Å²) >= 11 is 0. The van der Waals surface area contributed by atoms with Crippen LogP contribution in [0, 0.1) is 23.5 Å². The number of hydrogen-bond donors (Lipinski definition) is 4. The quantitative estimate of drug-likeness (QED) is 0.252. The largest absolute Gasteiger partial charge is 0.391 e. The van der Waals surface area contributed by atoms with Crippen LogP contribution in [0.1, 0.15) is 36.5 Å². The summed E-state index contributed by atoms with van der Waals surface area (Å²) < 4.78 is 27.8. The summed E-state index contributed by atoms with van der Waals surface area (Å²) in [6.07, 6.45) is -0.0881. The van der Waals surface area contributed by atoms with Crippen LogP contribution in [0.3, 0.4) is 0 Å². The van der Waals surface area contributed by atoms with Crippen LogP contribution in [0.15, 0.2) is 72.8 Å². The van der Waals surface area contributed by atoms with Crippen LogP contribution in [-0.2, 0) is 29.0 Å². The molecule has 2 amide bonds. The molecule has 3 atom stereocenters. The van der Waals surface area contributed by atoms with Crippen molar-refractivity contribution < 1.29 is 23.5 Å². The summed E-state index contributed by atoms with van der Waals surface area (Å²) in [5.41, 5.74) is 8.88. The van der Waals surface area contributed by atoms with E-state index in [1.807, 2.05) is 24.3 Å². The minimum absolute atomic E-state index is 0.0107. The smallest absolute Gasteiger partial charge is 0.224 e. The first-order valence-corrected chi connectivity index (χ1v) is 12.8. The number of carbonyl (C=O) groups is 2. The maximum Gasteiger partial charge on any atom is 0.224 e. The van der Waals surface area contributed by atoms with Crippen molar-refractivity contribution in [2.24, 2.45) is 17.6 Å². The lowest BCUT2D eigenvalue weighted by Gasteiger charge is -2.30. The van der Waals surface area contributed by atoms with Crippen molar-refractivity contribution in [3.63, 3.8) is 0 Å². The zero-order chi connectivity index (χ0) is 27.5. The van der Waals surface area contributed by atoms with E-state index in [2.05, 4.69) is 23.6 Å². The molecule has 5 N–H and O–H groups in total. The second kappa shape index (κ2) is 14.4. The molecular weight excluding hydrogens is 488 g/mol. The zero-order valence-electron chi connectivity index (χ0n) is 21.5. The summed E-state index contributed by atoms with van der Waals surface area (Å²) in [5, 5.41) is 17.1. The summed E-state index contributed by atoms with van der Waals surface area (Å²) in [5.74, 6) is -4.16. The molecule has 0 spiro atoms. The summed E-state index contributed by atoms with van der Waals surface area (Å²) in [4.78, 5) is 25.0. The number of aliphatic hydroxyl groups excluding tert-OH is 1. The molecule has 8 heteroatoms. The molecule has 202 valence electrons. The number of amides is 2. The Morgan fingerprint density at radius 3 is 2.26 bits per heavy atom. The van der Waals surface area contributed by atoms with E-state index in [4.69, 9.17) is 5.73 Å². The number of nitrogens with two attached hydrogens (primary N) is 1. The second-order valence-electron chi connectivity index (χ2n) is 9.48. The Labute approximate surface area is 222 Å². The number of halogens is 2. The number of nitrogens with one attached hydrogen (secondary N) is 2. The predicted molar refractivity (Wildman–Crippen MR) is 144 cm³/mol. The maximum absolute atomic E-state index is 13.9. The number of carbonyl (C=O) groups excluding carboxylic acids is 2. The fourth-order valence-electron chi connectivity index (χ4n) is 4.62. The fraction of sp³-hybridized carbons (Fsp3) is 0.333. The second-order valence-corrected chi connectivity index (χ2v) is 9.48. The highest BCUT2D eigenvalue weighted by Gasteiger charge is 2.33. The van der Waals surface area contributed by atoms with Gasteiger partial charge in [-0.3, -0.25) is 9.59 Å². The lowest BCUT2D eigenvalue weighted by atomic mass is 9.79. The standard InChI is InChI=1S/C30H35F2N3O3/c1-2-20-7-6-8-21(13-20)18-34-19-28(36)27(16-22-14-23(31)17-24(32)15-22)26(30(33)38)11-12-29(37)35-25-9-4-3-5-10-25/h3-10,13-15,17,26-28,34,36H,2,11-12,16,18-19H2,1H3,(H2,33,38)(H,35,37)/t26?,27-,28-/m0/s1. The van der Waals surface area contributed by atoms with Crippen molar-refractivity contribution in [3.8, 4) is 0 Å². The molecule has 0 saturated carbocycles. The van der Waals surface area contributed by atoms with E-state index in [0.29, 0.717) is 17.8 Å². The molecule has 0 saturated heterocycles. The third-order valence-corrected chi connectivity index (χ3v) is 6.59. The van der Waals surface area contributed by atoms with E-state index in [0.717, 1.165) is 18.1 Å². The minimum Gasteiger partial charge on any atom is -0.391 e. The van der Waals surface area contributed by atoms with Crippen molar-refractivity contribution in [1.82, 2.24) is 5.32 Å². The number of primary amides is 1. The van der Waals surface area contributed by atoms with E-state index in [1.54, 1.807) is 24.3 Å². The Hall–Kier alpha value is -3.62. The van der Waals surface area contributed by atoms with Crippen LogP contribution in [0.4, 0.5) is 14.5 Å². The van der Waals surface area contributed by atoms with Gasteiger partial charge in [0.2, 0.25) is 11.8 Å². The Morgan fingerprint density at radius 1 is 0.921 bits per heavy atom. The van der Waals surface area contributed by atoms with Crippen LogP contribution < -0.4 is 16.4 Å². The third-order valence-electron chi connectivity index (χ3n) is 6.59. The molecular formula is C30H35F2N3O3. The lowest BCUT2D eigenvalue weighted by Crippen LogP contribution is -2.42. The Bertz CT molecular complexity index is 1190. The highest BCUT2D eigenvalue weighted by molar-refractivity contribution is 5.91. The first-order chi connectivity index (χ1) is 18.2. The molecule has 0 aliphatic carbocycles. The molecule has 3 aromatic rings. The molecule has 0 heterocycles. The normalized spacial score (nSPS) is 13.5. The average molecular weight is 524 g/mol. The van der Waals surface area contributed by atoms with Crippen molar-refractivity contribution in [2.75, 3.05) is 11.9 Å². The van der Waals surface area contributed by atoms with E-state index in [9.17, 15) is 23.5 Å². The Kier molecular flexibility index (Phi) is 10.9. The van der Waals surface area contributed by atoms with Gasteiger partial charge in [-0.15, -0.1) is 0 Å². The molecule has 3 rings (SSSR count). The maximum atomic E-state index is 13.9. The van der Waals surface area contributed by atoms with E-state index >= 15 is 0 Å². The van der Waals surface area contributed by atoms with Gasteiger partial charge in [-0.2, -0.15) is 0 Å². The Balaban J connectivity index is 1.72. The molecule has 0 aliphatic rings. The van der Waals surface area contributed by atoms with Crippen LogP contribution in [0.2, 0.25) is 0 Å². The minimum atomic E-state index is -1.06. The van der Waals surface area contributed by atoms with Gasteiger partial charge in [0.05, 0.1) is 6.10 Å². The molecule has 0 aromatic heterocycles. The van der Waals surface area contributed by atoms with E-state index in [1.165, 1.54) is 17.7 Å². The van der Waals surface area contributed by atoms with Crippen LogP contribution in [-0.4, -0.2) is 29.6 Å². The monoisotopic (exact) mass is 523 g/mol. The van der Waals surface area contributed by atoms with Gasteiger partial charge in [-0.25, -0.2) is 8.78 Å². The summed E-state index contributed by atoms with van der Waals surface area (Å²) in [6, 6.07) is 20.1. The average Bonchev–Trinajstić information content (AvgIpc) is 2.88. The van der Waals surface area contributed by atoms with Crippen LogP contribution >= 0.6 is 0 Å². The molecule has 3 aromatic carbocycles. The van der Waals surface area contributed by atoms with Gasteiger partial charge in [-0.1, -0.05) is 49.4 Å². The number of anilines is 1. The summed E-state index contributed by atoms with van der Waals surface area (Å²) in [6.45, 7) is 2.69. The first kappa shape index (κ1) is 28.9. The molecule has 0 radical (unpaired) electrons. The molecule has 0 aliphatic heterocycles. The number of rotatable bonds is 14. The Morgan fingerprint density at radius 2 is 1.61 bits per heavy atom.